The van der Waals surface area contributed by atoms with E-state index < -0.39 is 13.0 Å². The van der Waals surface area contributed by atoms with Gasteiger partial charge in [-0.25, -0.2) is 13.8 Å². The van der Waals surface area contributed by atoms with Crippen LogP contribution in [0.15, 0.2) is 18.3 Å². The zero-order valence-electron chi connectivity index (χ0n) is 9.23. The van der Waals surface area contributed by atoms with Gasteiger partial charge in [0.05, 0.1) is 6.61 Å². The van der Waals surface area contributed by atoms with E-state index in [2.05, 4.69) is 9.72 Å². The number of pyridine rings is 1. The average molecular weight is 244 g/mol. The first kappa shape index (κ1) is 13.5. The number of nitrogen functional groups attached to an aromatic ring is 1. The van der Waals surface area contributed by atoms with Gasteiger partial charge in [0, 0.05) is 19.0 Å². The second-order valence-electron chi connectivity index (χ2n) is 3.52. The van der Waals surface area contributed by atoms with Crippen molar-refractivity contribution >= 4 is 11.6 Å². The lowest BCUT2D eigenvalue weighted by atomic mass is 10.1. The molecule has 0 amide bonds. The third kappa shape index (κ3) is 5.91. The van der Waals surface area contributed by atoms with Crippen LogP contribution in [0.2, 0.25) is 0 Å². The number of aromatic nitrogens is 1. The Bertz CT molecular complexity index is 372. The minimum Gasteiger partial charge on any atom is -0.384 e. The van der Waals surface area contributed by atoms with E-state index in [1.165, 1.54) is 6.20 Å². The normalized spacial score (nSPS) is 10.8. The maximum atomic E-state index is 11.7. The van der Waals surface area contributed by atoms with E-state index in [1.54, 1.807) is 12.1 Å². The Morgan fingerprint density at radius 3 is 2.94 bits per heavy atom. The van der Waals surface area contributed by atoms with Crippen LogP contribution in [-0.4, -0.2) is 30.4 Å². The Labute approximate surface area is 97.8 Å². The molecule has 0 aliphatic heterocycles. The molecule has 0 radical (unpaired) electrons. The van der Waals surface area contributed by atoms with Gasteiger partial charge in [0.2, 0.25) is 0 Å². The Morgan fingerprint density at radius 2 is 2.29 bits per heavy atom. The largest absolute Gasteiger partial charge is 0.384 e. The summed E-state index contributed by atoms with van der Waals surface area (Å²) >= 11 is 0. The van der Waals surface area contributed by atoms with Crippen LogP contribution in [0.4, 0.5) is 14.6 Å². The monoisotopic (exact) mass is 244 g/mol. The Balaban J connectivity index is 2.25. The first-order valence-electron chi connectivity index (χ1n) is 5.16. The molecule has 0 aromatic carbocycles. The van der Waals surface area contributed by atoms with Gasteiger partial charge < -0.3 is 10.5 Å². The molecule has 0 spiro atoms. The molecule has 1 aromatic heterocycles. The zero-order valence-corrected chi connectivity index (χ0v) is 9.23. The van der Waals surface area contributed by atoms with Crippen LogP contribution >= 0.6 is 0 Å². The van der Waals surface area contributed by atoms with Crippen LogP contribution < -0.4 is 5.73 Å². The second-order valence-corrected chi connectivity index (χ2v) is 3.52. The van der Waals surface area contributed by atoms with Crippen LogP contribution in [0.1, 0.15) is 12.0 Å². The lowest BCUT2D eigenvalue weighted by molar-refractivity contribution is -0.119. The molecular weight excluding hydrogens is 230 g/mol. The molecule has 6 heteroatoms. The lowest BCUT2D eigenvalue weighted by Crippen LogP contribution is -2.11. The van der Waals surface area contributed by atoms with Gasteiger partial charge in [0.25, 0.3) is 6.43 Å². The molecule has 1 rings (SSSR count). The highest BCUT2D eigenvalue weighted by atomic mass is 19.3. The summed E-state index contributed by atoms with van der Waals surface area (Å²) in [6.45, 7) is -0.612. The maximum Gasteiger partial charge on any atom is 0.261 e. The quantitative estimate of drug-likeness (QED) is 0.737. The van der Waals surface area contributed by atoms with Crippen molar-refractivity contribution in [2.24, 2.45) is 0 Å². The van der Waals surface area contributed by atoms with E-state index in [-0.39, 0.29) is 25.2 Å². The van der Waals surface area contributed by atoms with E-state index in [1.807, 2.05) is 0 Å². The summed E-state index contributed by atoms with van der Waals surface area (Å²) in [4.78, 5) is 15.2. The number of ketones is 1. The minimum atomic E-state index is -2.50. The van der Waals surface area contributed by atoms with Gasteiger partial charge in [-0.15, -0.1) is 0 Å². The van der Waals surface area contributed by atoms with Crippen LogP contribution in [-0.2, 0) is 16.0 Å². The number of carbonyl (C=O) groups excluding carboxylic acids is 1. The molecule has 0 saturated carbocycles. The molecule has 1 aromatic rings. The van der Waals surface area contributed by atoms with Crippen LogP contribution in [0.25, 0.3) is 0 Å². The number of carbonyl (C=O) groups is 1. The van der Waals surface area contributed by atoms with E-state index in [4.69, 9.17) is 5.73 Å². The van der Waals surface area contributed by atoms with E-state index >= 15 is 0 Å². The number of alkyl halides is 2. The topological polar surface area (TPSA) is 65.2 Å². The molecule has 94 valence electrons. The van der Waals surface area contributed by atoms with E-state index in [9.17, 15) is 13.6 Å². The van der Waals surface area contributed by atoms with Crippen molar-refractivity contribution in [3.05, 3.63) is 23.9 Å². The van der Waals surface area contributed by atoms with Gasteiger partial charge >= 0.3 is 0 Å². The van der Waals surface area contributed by atoms with Crippen molar-refractivity contribution in [3.8, 4) is 0 Å². The fourth-order valence-corrected chi connectivity index (χ4v) is 1.28. The van der Waals surface area contributed by atoms with Gasteiger partial charge in [-0.3, -0.25) is 4.79 Å². The Kier molecular flexibility index (Phi) is 5.48. The predicted octanol–water partition coefficient (Wildman–Crippen LogP) is 1.45. The summed E-state index contributed by atoms with van der Waals surface area (Å²) in [6, 6.07) is 3.30. The highest BCUT2D eigenvalue weighted by Gasteiger charge is 2.06. The molecule has 0 atom stereocenters. The van der Waals surface area contributed by atoms with Crippen molar-refractivity contribution in [1.29, 1.82) is 0 Å². The van der Waals surface area contributed by atoms with Crippen molar-refractivity contribution in [2.45, 2.75) is 19.3 Å². The molecule has 0 aliphatic rings. The number of anilines is 1. The summed E-state index contributed by atoms with van der Waals surface area (Å²) in [7, 11) is 0. The summed E-state index contributed by atoms with van der Waals surface area (Å²) in [5.74, 6) is 0.272. The molecule has 2 N–H and O–H groups in total. The third-order valence-corrected chi connectivity index (χ3v) is 2.02. The SMILES string of the molecule is Nc1cc(CC(=O)CCOCC(F)F)ccn1. The van der Waals surface area contributed by atoms with Gasteiger partial charge in [-0.2, -0.15) is 0 Å². The number of nitrogens with two attached hydrogens (primary N) is 1. The summed E-state index contributed by atoms with van der Waals surface area (Å²) in [6.07, 6.45) is -0.643. The van der Waals surface area contributed by atoms with Gasteiger partial charge in [-0.05, 0) is 17.7 Å². The Morgan fingerprint density at radius 1 is 1.53 bits per heavy atom. The number of hydrogen-bond acceptors (Lipinski definition) is 4. The Hall–Kier alpha value is -1.56. The molecule has 0 saturated heterocycles. The maximum absolute atomic E-state index is 11.7. The van der Waals surface area contributed by atoms with Crippen LogP contribution in [0, 0.1) is 0 Å². The van der Waals surface area contributed by atoms with E-state index in [0.717, 1.165) is 5.56 Å². The van der Waals surface area contributed by atoms with Crippen molar-refractivity contribution in [3.63, 3.8) is 0 Å². The molecule has 0 aliphatic carbocycles. The summed E-state index contributed by atoms with van der Waals surface area (Å²) in [5, 5.41) is 0. The van der Waals surface area contributed by atoms with Gasteiger partial charge in [-0.1, -0.05) is 0 Å². The van der Waals surface area contributed by atoms with Crippen molar-refractivity contribution in [2.75, 3.05) is 18.9 Å². The number of ether oxygens (including phenoxy) is 1. The third-order valence-electron chi connectivity index (χ3n) is 2.02. The summed E-state index contributed by atoms with van der Waals surface area (Å²) in [5.41, 5.74) is 6.22. The standard InChI is InChI=1S/C11H14F2N2O2/c12-10(13)7-17-4-2-9(16)5-8-1-3-15-11(14)6-8/h1,3,6,10H,2,4-5,7H2,(H2,14,15). The number of nitrogens with zero attached hydrogens (tertiary/aromatic N) is 1. The number of halogens is 2. The highest BCUT2D eigenvalue weighted by Crippen LogP contribution is 2.05. The van der Waals surface area contributed by atoms with E-state index in [0.29, 0.717) is 5.82 Å². The predicted molar refractivity (Wildman–Crippen MR) is 58.8 cm³/mol. The molecule has 0 bridgehead atoms. The minimum absolute atomic E-state index is 0.0176. The number of rotatable bonds is 7. The first-order valence-corrected chi connectivity index (χ1v) is 5.16. The second kappa shape index (κ2) is 6.90. The smallest absolute Gasteiger partial charge is 0.261 e. The number of Topliss-reactive ketones (excluding diaryl/α,β-unsaturated/α-hetero) is 1. The molecular formula is C11H14F2N2O2. The fraction of sp³-hybridized carbons (Fsp3) is 0.455. The highest BCUT2D eigenvalue weighted by molar-refractivity contribution is 5.81. The van der Waals surface area contributed by atoms with Crippen LogP contribution in [0.5, 0.6) is 0 Å². The zero-order chi connectivity index (χ0) is 12.7. The molecule has 17 heavy (non-hydrogen) atoms. The molecule has 0 unspecified atom stereocenters. The number of hydrogen-bond donors (Lipinski definition) is 1. The van der Waals surface area contributed by atoms with Crippen LogP contribution in [0.3, 0.4) is 0 Å². The van der Waals surface area contributed by atoms with Crippen molar-refractivity contribution < 1.29 is 18.3 Å². The molecule has 4 nitrogen and oxygen atoms in total. The van der Waals surface area contributed by atoms with Crippen molar-refractivity contribution in [1.82, 2.24) is 4.98 Å². The fourth-order valence-electron chi connectivity index (χ4n) is 1.28. The molecule has 0 fully saturated rings. The lowest BCUT2D eigenvalue weighted by Gasteiger charge is -2.03. The molecule has 1 heterocycles. The summed E-state index contributed by atoms with van der Waals surface area (Å²) < 4.78 is 28.1. The van der Waals surface area contributed by atoms with Gasteiger partial charge in [0.15, 0.2) is 0 Å². The first-order chi connectivity index (χ1) is 8.08. The average Bonchev–Trinajstić information content (AvgIpc) is 2.24. The van der Waals surface area contributed by atoms with Gasteiger partial charge in [0.1, 0.15) is 18.2 Å².